The van der Waals surface area contributed by atoms with Crippen molar-refractivity contribution in [3.05, 3.63) is 29.3 Å². The quantitative estimate of drug-likeness (QED) is 0.554. The fourth-order valence-corrected chi connectivity index (χ4v) is 1.93. The summed E-state index contributed by atoms with van der Waals surface area (Å²) in [5.74, 6) is 2.03. The number of hydrogen-bond donors (Lipinski definition) is 1. The van der Waals surface area contributed by atoms with Crippen molar-refractivity contribution in [3.8, 4) is 5.75 Å². The fourth-order valence-electron chi connectivity index (χ4n) is 1.71. The molecule has 0 atom stereocenters. The highest BCUT2D eigenvalue weighted by molar-refractivity contribution is 7.80. The van der Waals surface area contributed by atoms with Crippen LogP contribution < -0.4 is 4.74 Å². The number of unbranched alkanes of at least 4 members (excludes halogenated alkanes) is 3. The van der Waals surface area contributed by atoms with Gasteiger partial charge in [0.15, 0.2) is 0 Å². The summed E-state index contributed by atoms with van der Waals surface area (Å²) >= 11 is 4.19. The second kappa shape index (κ2) is 7.61. The summed E-state index contributed by atoms with van der Waals surface area (Å²) in [6, 6.07) is 6.33. The zero-order valence-electron chi connectivity index (χ0n) is 10.3. The third-order valence-corrected chi connectivity index (χ3v) is 2.96. The largest absolute Gasteiger partial charge is 0.493 e. The van der Waals surface area contributed by atoms with Gasteiger partial charge in [0.2, 0.25) is 0 Å². The van der Waals surface area contributed by atoms with Gasteiger partial charge in [-0.05, 0) is 44.1 Å². The van der Waals surface area contributed by atoms with Gasteiger partial charge < -0.3 is 4.74 Å². The van der Waals surface area contributed by atoms with E-state index in [1.165, 1.54) is 30.4 Å². The summed E-state index contributed by atoms with van der Waals surface area (Å²) in [5.41, 5.74) is 2.52. The second-order valence-corrected chi connectivity index (χ2v) is 4.70. The van der Waals surface area contributed by atoms with E-state index in [0.717, 1.165) is 24.5 Å². The first kappa shape index (κ1) is 13.4. The van der Waals surface area contributed by atoms with E-state index in [0.29, 0.717) is 0 Å². The van der Waals surface area contributed by atoms with Crippen molar-refractivity contribution < 1.29 is 4.74 Å². The van der Waals surface area contributed by atoms with Crippen LogP contribution in [0.25, 0.3) is 0 Å². The Kier molecular flexibility index (Phi) is 6.39. The molecule has 1 nitrogen and oxygen atoms in total. The fraction of sp³-hybridized carbons (Fsp3) is 0.571. The molecule has 1 rings (SSSR count). The normalized spacial score (nSPS) is 10.4. The molecule has 0 radical (unpaired) electrons. The molecule has 1 aromatic rings. The van der Waals surface area contributed by atoms with Crippen LogP contribution in [0.5, 0.6) is 5.75 Å². The lowest BCUT2D eigenvalue weighted by Crippen LogP contribution is -1.99. The van der Waals surface area contributed by atoms with Crippen LogP contribution in [0.4, 0.5) is 0 Å². The predicted octanol–water partition coefficient (Wildman–Crippen LogP) is 4.17. The number of rotatable bonds is 7. The monoisotopic (exact) mass is 238 g/mol. The van der Waals surface area contributed by atoms with Gasteiger partial charge in [0.25, 0.3) is 0 Å². The standard InChI is InChI=1S/C14H22OS/c1-12-7-8-14(13(2)11-12)15-9-5-3-4-6-10-16/h7-8,11,16H,3-6,9-10H2,1-2H3. The zero-order chi connectivity index (χ0) is 11.8. The Bertz CT molecular complexity index is 310. The van der Waals surface area contributed by atoms with Crippen LogP contribution in [-0.4, -0.2) is 12.4 Å². The van der Waals surface area contributed by atoms with E-state index in [1.807, 2.05) is 0 Å². The van der Waals surface area contributed by atoms with Crippen molar-refractivity contribution in [1.29, 1.82) is 0 Å². The second-order valence-electron chi connectivity index (χ2n) is 4.26. The van der Waals surface area contributed by atoms with Crippen LogP contribution >= 0.6 is 12.6 Å². The van der Waals surface area contributed by atoms with Crippen molar-refractivity contribution in [1.82, 2.24) is 0 Å². The van der Waals surface area contributed by atoms with Gasteiger partial charge in [-0.15, -0.1) is 0 Å². The lowest BCUT2D eigenvalue weighted by Gasteiger charge is -2.09. The molecule has 0 amide bonds. The Morgan fingerprint density at radius 3 is 2.50 bits per heavy atom. The van der Waals surface area contributed by atoms with E-state index in [2.05, 4.69) is 44.7 Å². The molecule has 0 heterocycles. The summed E-state index contributed by atoms with van der Waals surface area (Å²) in [6.45, 7) is 5.04. The molecule has 16 heavy (non-hydrogen) atoms. The summed E-state index contributed by atoms with van der Waals surface area (Å²) in [7, 11) is 0. The molecular weight excluding hydrogens is 216 g/mol. The number of ether oxygens (including phenoxy) is 1. The summed E-state index contributed by atoms with van der Waals surface area (Å²) in [6.07, 6.45) is 4.86. The highest BCUT2D eigenvalue weighted by atomic mass is 32.1. The Morgan fingerprint density at radius 2 is 1.81 bits per heavy atom. The topological polar surface area (TPSA) is 9.23 Å². The maximum Gasteiger partial charge on any atom is 0.122 e. The van der Waals surface area contributed by atoms with Crippen molar-refractivity contribution in [3.63, 3.8) is 0 Å². The highest BCUT2D eigenvalue weighted by Crippen LogP contribution is 2.19. The molecule has 0 N–H and O–H groups in total. The van der Waals surface area contributed by atoms with E-state index in [1.54, 1.807) is 0 Å². The first-order valence-corrected chi connectivity index (χ1v) is 6.68. The lowest BCUT2D eigenvalue weighted by atomic mass is 10.1. The molecule has 0 unspecified atom stereocenters. The molecular formula is C14H22OS. The van der Waals surface area contributed by atoms with Crippen LogP contribution in [0.3, 0.4) is 0 Å². The van der Waals surface area contributed by atoms with E-state index < -0.39 is 0 Å². The van der Waals surface area contributed by atoms with Crippen LogP contribution in [0.1, 0.15) is 36.8 Å². The summed E-state index contributed by atoms with van der Waals surface area (Å²) < 4.78 is 5.75. The van der Waals surface area contributed by atoms with Gasteiger partial charge in [0.05, 0.1) is 6.61 Å². The Morgan fingerprint density at radius 1 is 1.06 bits per heavy atom. The van der Waals surface area contributed by atoms with E-state index in [-0.39, 0.29) is 0 Å². The number of thiol groups is 1. The van der Waals surface area contributed by atoms with Gasteiger partial charge >= 0.3 is 0 Å². The molecule has 0 spiro atoms. The average molecular weight is 238 g/mol. The molecule has 0 fully saturated rings. The number of hydrogen-bond acceptors (Lipinski definition) is 2. The minimum Gasteiger partial charge on any atom is -0.493 e. The smallest absolute Gasteiger partial charge is 0.122 e. The van der Waals surface area contributed by atoms with Crippen LogP contribution in [0.2, 0.25) is 0 Å². The van der Waals surface area contributed by atoms with E-state index in [4.69, 9.17) is 4.74 Å². The Hall–Kier alpha value is -0.630. The van der Waals surface area contributed by atoms with Gasteiger partial charge in [-0.2, -0.15) is 12.6 Å². The third-order valence-electron chi connectivity index (χ3n) is 2.64. The Labute approximate surface area is 105 Å². The van der Waals surface area contributed by atoms with Crippen molar-refractivity contribution >= 4 is 12.6 Å². The molecule has 90 valence electrons. The first-order valence-electron chi connectivity index (χ1n) is 6.05. The molecule has 0 aliphatic carbocycles. The molecule has 0 aliphatic rings. The predicted molar refractivity (Wildman–Crippen MR) is 73.7 cm³/mol. The first-order chi connectivity index (χ1) is 7.74. The van der Waals surface area contributed by atoms with E-state index in [9.17, 15) is 0 Å². The lowest BCUT2D eigenvalue weighted by molar-refractivity contribution is 0.303. The molecule has 1 aromatic carbocycles. The Balaban J connectivity index is 2.21. The van der Waals surface area contributed by atoms with Crippen LogP contribution in [0.15, 0.2) is 18.2 Å². The van der Waals surface area contributed by atoms with E-state index >= 15 is 0 Å². The van der Waals surface area contributed by atoms with Gasteiger partial charge in [0, 0.05) is 0 Å². The molecule has 0 aliphatic heterocycles. The number of benzene rings is 1. The van der Waals surface area contributed by atoms with Crippen molar-refractivity contribution in [2.45, 2.75) is 39.5 Å². The molecule has 0 saturated carbocycles. The minimum atomic E-state index is 0.830. The van der Waals surface area contributed by atoms with Gasteiger partial charge in [0.1, 0.15) is 5.75 Å². The molecule has 0 bridgehead atoms. The summed E-state index contributed by atoms with van der Waals surface area (Å²) in [4.78, 5) is 0. The SMILES string of the molecule is Cc1ccc(OCCCCCCS)c(C)c1. The maximum absolute atomic E-state index is 5.75. The van der Waals surface area contributed by atoms with Crippen molar-refractivity contribution in [2.75, 3.05) is 12.4 Å². The average Bonchev–Trinajstić information content (AvgIpc) is 2.26. The van der Waals surface area contributed by atoms with Gasteiger partial charge in [-0.1, -0.05) is 30.5 Å². The zero-order valence-corrected chi connectivity index (χ0v) is 11.2. The van der Waals surface area contributed by atoms with Crippen LogP contribution in [0, 0.1) is 13.8 Å². The molecule has 2 heteroatoms. The van der Waals surface area contributed by atoms with Gasteiger partial charge in [-0.25, -0.2) is 0 Å². The van der Waals surface area contributed by atoms with Crippen LogP contribution in [-0.2, 0) is 0 Å². The van der Waals surface area contributed by atoms with Crippen molar-refractivity contribution in [2.24, 2.45) is 0 Å². The van der Waals surface area contributed by atoms with Gasteiger partial charge in [-0.3, -0.25) is 0 Å². The minimum absolute atomic E-state index is 0.830. The maximum atomic E-state index is 5.75. The third kappa shape index (κ3) is 4.93. The number of aryl methyl sites for hydroxylation is 2. The molecule has 0 aromatic heterocycles. The highest BCUT2D eigenvalue weighted by Gasteiger charge is 1.98. The molecule has 0 saturated heterocycles. The summed E-state index contributed by atoms with van der Waals surface area (Å²) in [5, 5.41) is 0.